The van der Waals surface area contributed by atoms with Crippen LogP contribution in [0.4, 0.5) is 5.88 Å². The summed E-state index contributed by atoms with van der Waals surface area (Å²) in [4.78, 5) is 0. The molecule has 5 rings (SSSR count). The Hall–Kier alpha value is -0.990. The van der Waals surface area contributed by atoms with E-state index in [1.807, 2.05) is 0 Å². The molecular weight excluding hydrogens is 260 g/mol. The van der Waals surface area contributed by atoms with Gasteiger partial charge in [0.05, 0.1) is 5.69 Å². The fourth-order valence-electron chi connectivity index (χ4n) is 5.98. The highest BCUT2D eigenvalue weighted by molar-refractivity contribution is 5.40. The van der Waals surface area contributed by atoms with Gasteiger partial charge in [0.2, 0.25) is 5.88 Å². The van der Waals surface area contributed by atoms with Gasteiger partial charge in [0.15, 0.2) is 0 Å². The first kappa shape index (κ1) is 13.7. The molecule has 0 aromatic carbocycles. The number of nitrogen functional groups attached to an aromatic ring is 1. The van der Waals surface area contributed by atoms with Crippen molar-refractivity contribution in [2.45, 2.75) is 65.2 Å². The van der Waals surface area contributed by atoms with Crippen LogP contribution in [0.2, 0.25) is 0 Å². The van der Waals surface area contributed by atoms with Crippen LogP contribution in [-0.2, 0) is 12.8 Å². The third-order valence-electron chi connectivity index (χ3n) is 6.22. The van der Waals surface area contributed by atoms with Crippen molar-refractivity contribution in [3.05, 3.63) is 11.3 Å². The minimum absolute atomic E-state index is 0.518. The number of nitrogens with two attached hydrogens (primary N) is 1. The number of anilines is 1. The maximum atomic E-state index is 6.03. The van der Waals surface area contributed by atoms with Crippen molar-refractivity contribution in [1.82, 2.24) is 5.16 Å². The molecule has 21 heavy (non-hydrogen) atoms. The molecule has 2 N–H and O–H groups in total. The van der Waals surface area contributed by atoms with Crippen LogP contribution in [0, 0.1) is 29.1 Å². The van der Waals surface area contributed by atoms with Gasteiger partial charge >= 0.3 is 0 Å². The average Bonchev–Trinajstić information content (AvgIpc) is 2.68. The van der Waals surface area contributed by atoms with E-state index in [1.54, 1.807) is 0 Å². The highest BCUT2D eigenvalue weighted by Gasteiger charge is 2.51. The fourth-order valence-corrected chi connectivity index (χ4v) is 5.98. The number of rotatable bonds is 4. The molecule has 1 aromatic heterocycles. The summed E-state index contributed by atoms with van der Waals surface area (Å²) in [6.45, 7) is 4.47. The molecule has 4 bridgehead atoms. The van der Waals surface area contributed by atoms with Gasteiger partial charge in [-0.2, -0.15) is 0 Å². The van der Waals surface area contributed by atoms with Gasteiger partial charge in [-0.1, -0.05) is 19.0 Å². The van der Waals surface area contributed by atoms with Gasteiger partial charge in [-0.3, -0.25) is 0 Å². The molecule has 0 aliphatic heterocycles. The number of aromatic nitrogens is 1. The predicted molar refractivity (Wildman–Crippen MR) is 83.8 cm³/mol. The molecule has 0 unspecified atom stereocenters. The number of hydrogen-bond donors (Lipinski definition) is 1. The standard InChI is InChI=1S/C18H28N2O/c1-11(2)3-15-16(20-21-17(15)19)10-18-7-12-4-13(8-18)6-14(5-12)9-18/h11-14H,3-10,19H2,1-2H3. The Morgan fingerprint density at radius 1 is 1.14 bits per heavy atom. The molecule has 3 heteroatoms. The highest BCUT2D eigenvalue weighted by atomic mass is 16.5. The van der Waals surface area contributed by atoms with Crippen molar-refractivity contribution in [1.29, 1.82) is 0 Å². The smallest absolute Gasteiger partial charge is 0.225 e. The van der Waals surface area contributed by atoms with E-state index < -0.39 is 0 Å². The number of hydrogen-bond acceptors (Lipinski definition) is 3. The maximum Gasteiger partial charge on any atom is 0.225 e. The van der Waals surface area contributed by atoms with E-state index in [1.165, 1.54) is 49.8 Å². The molecule has 0 atom stereocenters. The van der Waals surface area contributed by atoms with E-state index in [0.29, 0.717) is 17.2 Å². The lowest BCUT2D eigenvalue weighted by molar-refractivity contribution is -0.0530. The second-order valence-electron chi connectivity index (χ2n) is 8.66. The van der Waals surface area contributed by atoms with Crippen molar-refractivity contribution in [3.8, 4) is 0 Å². The van der Waals surface area contributed by atoms with Crippen LogP contribution in [-0.4, -0.2) is 5.16 Å². The zero-order valence-electron chi connectivity index (χ0n) is 13.4. The first-order chi connectivity index (χ1) is 10.0. The SMILES string of the molecule is CC(C)Cc1c(CC23CC4CC(CC(C4)C2)C3)noc1N. The van der Waals surface area contributed by atoms with Crippen LogP contribution in [0.5, 0.6) is 0 Å². The second-order valence-corrected chi connectivity index (χ2v) is 8.66. The van der Waals surface area contributed by atoms with E-state index in [2.05, 4.69) is 19.0 Å². The molecule has 4 fully saturated rings. The van der Waals surface area contributed by atoms with Gasteiger partial charge in [-0.15, -0.1) is 0 Å². The van der Waals surface area contributed by atoms with Crippen LogP contribution >= 0.6 is 0 Å². The molecule has 116 valence electrons. The summed E-state index contributed by atoms with van der Waals surface area (Å²) < 4.78 is 5.34. The molecule has 0 amide bonds. The first-order valence-electron chi connectivity index (χ1n) is 8.76. The Kier molecular flexibility index (Phi) is 3.09. The summed E-state index contributed by atoms with van der Waals surface area (Å²) in [6.07, 6.45) is 10.9. The van der Waals surface area contributed by atoms with E-state index in [4.69, 9.17) is 10.3 Å². The Bertz CT molecular complexity index is 496. The van der Waals surface area contributed by atoms with Crippen molar-refractivity contribution < 1.29 is 4.52 Å². The third-order valence-corrected chi connectivity index (χ3v) is 6.22. The topological polar surface area (TPSA) is 52.0 Å². The van der Waals surface area contributed by atoms with Crippen LogP contribution < -0.4 is 5.73 Å². The zero-order valence-corrected chi connectivity index (χ0v) is 13.4. The molecule has 4 aliphatic carbocycles. The lowest BCUT2D eigenvalue weighted by Crippen LogP contribution is -2.47. The van der Waals surface area contributed by atoms with Crippen LogP contribution in [0.1, 0.15) is 63.6 Å². The molecular formula is C18H28N2O. The minimum atomic E-state index is 0.518. The fraction of sp³-hybridized carbons (Fsp3) is 0.833. The zero-order chi connectivity index (χ0) is 14.6. The van der Waals surface area contributed by atoms with E-state index in [-0.39, 0.29) is 0 Å². The molecule has 1 aromatic rings. The lowest BCUT2D eigenvalue weighted by atomic mass is 9.48. The Morgan fingerprint density at radius 3 is 2.24 bits per heavy atom. The monoisotopic (exact) mass is 288 g/mol. The molecule has 0 radical (unpaired) electrons. The van der Waals surface area contributed by atoms with E-state index >= 15 is 0 Å². The second kappa shape index (κ2) is 4.76. The van der Waals surface area contributed by atoms with Gasteiger partial charge < -0.3 is 10.3 Å². The minimum Gasteiger partial charge on any atom is -0.367 e. The van der Waals surface area contributed by atoms with Gasteiger partial charge in [-0.25, -0.2) is 0 Å². The normalized spacial score (nSPS) is 37.6. The van der Waals surface area contributed by atoms with Crippen molar-refractivity contribution in [2.75, 3.05) is 5.73 Å². The molecule has 0 saturated heterocycles. The van der Waals surface area contributed by atoms with Gasteiger partial charge in [-0.05, 0) is 80.5 Å². The molecule has 3 nitrogen and oxygen atoms in total. The molecule has 4 aliphatic rings. The predicted octanol–water partition coefficient (Wildman–Crippen LogP) is 4.21. The van der Waals surface area contributed by atoms with Crippen molar-refractivity contribution >= 4 is 5.88 Å². The van der Waals surface area contributed by atoms with E-state index in [9.17, 15) is 0 Å². The van der Waals surface area contributed by atoms with Crippen LogP contribution in [0.25, 0.3) is 0 Å². The Balaban J connectivity index is 1.59. The van der Waals surface area contributed by atoms with E-state index in [0.717, 1.165) is 30.6 Å². The number of nitrogens with zero attached hydrogens (tertiary/aromatic N) is 1. The quantitative estimate of drug-likeness (QED) is 0.902. The van der Waals surface area contributed by atoms with Crippen LogP contribution in [0.15, 0.2) is 4.52 Å². The summed E-state index contributed by atoms with van der Waals surface area (Å²) in [5, 5.41) is 4.34. The third kappa shape index (κ3) is 2.39. The van der Waals surface area contributed by atoms with Gasteiger partial charge in [0.1, 0.15) is 0 Å². The molecule has 4 saturated carbocycles. The van der Waals surface area contributed by atoms with Gasteiger partial charge in [0.25, 0.3) is 0 Å². The lowest BCUT2D eigenvalue weighted by Gasteiger charge is -2.56. The Morgan fingerprint density at radius 2 is 1.71 bits per heavy atom. The van der Waals surface area contributed by atoms with Crippen molar-refractivity contribution in [3.63, 3.8) is 0 Å². The summed E-state index contributed by atoms with van der Waals surface area (Å²) in [7, 11) is 0. The maximum absolute atomic E-state index is 6.03. The average molecular weight is 288 g/mol. The summed E-state index contributed by atoms with van der Waals surface area (Å²) >= 11 is 0. The highest BCUT2D eigenvalue weighted by Crippen LogP contribution is 2.61. The first-order valence-corrected chi connectivity index (χ1v) is 8.76. The summed E-state index contributed by atoms with van der Waals surface area (Å²) in [6, 6.07) is 0. The summed E-state index contributed by atoms with van der Waals surface area (Å²) in [5.74, 6) is 4.14. The molecule has 0 spiro atoms. The van der Waals surface area contributed by atoms with Gasteiger partial charge in [0, 0.05) is 5.56 Å². The largest absolute Gasteiger partial charge is 0.367 e. The van der Waals surface area contributed by atoms with Crippen LogP contribution in [0.3, 0.4) is 0 Å². The Labute approximate surface area is 127 Å². The van der Waals surface area contributed by atoms with Crippen molar-refractivity contribution in [2.24, 2.45) is 29.1 Å². The summed E-state index contributed by atoms with van der Waals surface area (Å²) in [5.41, 5.74) is 8.91. The molecule has 1 heterocycles.